The Hall–Kier alpha value is -1.39. The second kappa shape index (κ2) is 4.55. The van der Waals surface area contributed by atoms with Crippen molar-refractivity contribution in [3.05, 3.63) is 48.0 Å². The van der Waals surface area contributed by atoms with Crippen LogP contribution in [0.15, 0.2) is 42.5 Å². The van der Waals surface area contributed by atoms with Crippen LogP contribution in [0.3, 0.4) is 0 Å². The summed E-state index contributed by atoms with van der Waals surface area (Å²) in [5.74, 6) is 0.442. The van der Waals surface area contributed by atoms with E-state index < -0.39 is 5.54 Å². The van der Waals surface area contributed by atoms with Crippen molar-refractivity contribution in [1.29, 1.82) is 0 Å². The molecule has 21 heavy (non-hydrogen) atoms. The Morgan fingerprint density at radius 2 is 2.10 bits per heavy atom. The van der Waals surface area contributed by atoms with Crippen molar-refractivity contribution in [3.63, 3.8) is 0 Å². The SMILES string of the molecule is O=C1N(Cc2ccccc2)C(=S)N[C@@]12[C@@H]1C=C[C@@H](C1)[C@@H]2Cl. The topological polar surface area (TPSA) is 32.3 Å². The zero-order chi connectivity index (χ0) is 14.6. The monoisotopic (exact) mass is 318 g/mol. The number of benzene rings is 1. The average Bonchev–Trinajstić information content (AvgIpc) is 3.13. The Morgan fingerprint density at radius 1 is 1.33 bits per heavy atom. The molecule has 1 N–H and O–H groups in total. The first-order valence-corrected chi connectivity index (χ1v) is 7.98. The molecule has 2 aliphatic carbocycles. The van der Waals surface area contributed by atoms with E-state index in [-0.39, 0.29) is 23.1 Å². The van der Waals surface area contributed by atoms with Crippen molar-refractivity contribution >= 4 is 34.8 Å². The van der Waals surface area contributed by atoms with Gasteiger partial charge < -0.3 is 5.32 Å². The number of hydrogen-bond donors (Lipinski definition) is 1. The maximum atomic E-state index is 13.0. The smallest absolute Gasteiger partial charge is 0.256 e. The summed E-state index contributed by atoms with van der Waals surface area (Å²) in [6.07, 6.45) is 5.18. The molecule has 1 saturated heterocycles. The van der Waals surface area contributed by atoms with Crippen LogP contribution in [0.2, 0.25) is 0 Å². The van der Waals surface area contributed by atoms with Crippen LogP contribution in [0.5, 0.6) is 0 Å². The van der Waals surface area contributed by atoms with E-state index in [0.717, 1.165) is 12.0 Å². The molecule has 3 nitrogen and oxygen atoms in total. The van der Waals surface area contributed by atoms with Crippen molar-refractivity contribution in [2.45, 2.75) is 23.9 Å². The van der Waals surface area contributed by atoms with Gasteiger partial charge in [-0.15, -0.1) is 11.6 Å². The zero-order valence-corrected chi connectivity index (χ0v) is 12.9. The van der Waals surface area contributed by atoms with Gasteiger partial charge in [0, 0.05) is 5.92 Å². The second-order valence-corrected chi connectivity index (χ2v) is 6.83. The Bertz CT molecular complexity index is 647. The molecule has 108 valence electrons. The first-order chi connectivity index (χ1) is 10.1. The predicted octanol–water partition coefficient (Wildman–Crippen LogP) is 2.46. The zero-order valence-electron chi connectivity index (χ0n) is 11.3. The van der Waals surface area contributed by atoms with Gasteiger partial charge in [0.1, 0.15) is 5.54 Å². The van der Waals surface area contributed by atoms with Crippen molar-refractivity contribution in [2.75, 3.05) is 0 Å². The minimum atomic E-state index is -0.729. The lowest BCUT2D eigenvalue weighted by Crippen LogP contribution is -2.57. The molecule has 2 bridgehead atoms. The van der Waals surface area contributed by atoms with E-state index in [0.29, 0.717) is 11.7 Å². The van der Waals surface area contributed by atoms with Gasteiger partial charge in [-0.05, 0) is 30.1 Å². The van der Waals surface area contributed by atoms with Gasteiger partial charge in [-0.3, -0.25) is 9.69 Å². The normalized spacial score (nSPS) is 36.8. The Kier molecular flexibility index (Phi) is 2.88. The van der Waals surface area contributed by atoms with E-state index in [1.54, 1.807) is 4.90 Å². The number of alkyl halides is 1. The highest BCUT2D eigenvalue weighted by Gasteiger charge is 2.65. The minimum Gasteiger partial charge on any atom is -0.346 e. The van der Waals surface area contributed by atoms with Crippen LogP contribution in [0.4, 0.5) is 0 Å². The summed E-state index contributed by atoms with van der Waals surface area (Å²) in [4.78, 5) is 14.7. The van der Waals surface area contributed by atoms with E-state index >= 15 is 0 Å². The van der Waals surface area contributed by atoms with Crippen LogP contribution in [0.1, 0.15) is 12.0 Å². The molecule has 0 unspecified atom stereocenters. The third-order valence-electron chi connectivity index (χ3n) is 4.85. The molecule has 4 rings (SSSR count). The lowest BCUT2D eigenvalue weighted by molar-refractivity contribution is -0.132. The van der Waals surface area contributed by atoms with Gasteiger partial charge in [0.05, 0.1) is 11.9 Å². The molecule has 5 heteroatoms. The molecule has 1 amide bonds. The number of rotatable bonds is 2. The summed E-state index contributed by atoms with van der Waals surface area (Å²) in [5.41, 5.74) is 0.337. The number of hydrogen-bond acceptors (Lipinski definition) is 2. The Balaban J connectivity index is 1.66. The van der Waals surface area contributed by atoms with Gasteiger partial charge in [-0.1, -0.05) is 42.5 Å². The summed E-state index contributed by atoms with van der Waals surface area (Å²) < 4.78 is 0. The van der Waals surface area contributed by atoms with E-state index in [4.69, 9.17) is 23.8 Å². The van der Waals surface area contributed by atoms with Gasteiger partial charge in [0.15, 0.2) is 5.11 Å². The van der Waals surface area contributed by atoms with Crippen molar-refractivity contribution in [1.82, 2.24) is 10.2 Å². The fraction of sp³-hybridized carbons (Fsp3) is 0.375. The molecule has 1 spiro atoms. The summed E-state index contributed by atoms with van der Waals surface area (Å²) in [6.45, 7) is 0.498. The van der Waals surface area contributed by atoms with Crippen molar-refractivity contribution < 1.29 is 4.79 Å². The first-order valence-electron chi connectivity index (χ1n) is 7.13. The third-order valence-corrected chi connectivity index (χ3v) is 5.84. The van der Waals surface area contributed by atoms with E-state index in [2.05, 4.69) is 17.5 Å². The number of nitrogens with zero attached hydrogens (tertiary/aromatic N) is 1. The Morgan fingerprint density at radius 3 is 2.76 bits per heavy atom. The number of amides is 1. The molecular formula is C16H15ClN2OS. The fourth-order valence-corrected chi connectivity index (χ4v) is 4.60. The lowest BCUT2D eigenvalue weighted by atomic mass is 9.84. The molecule has 1 aromatic carbocycles. The van der Waals surface area contributed by atoms with Crippen molar-refractivity contribution in [3.8, 4) is 0 Å². The predicted molar refractivity (Wildman–Crippen MR) is 85.8 cm³/mol. The Labute approximate surface area is 134 Å². The molecule has 4 atom stereocenters. The largest absolute Gasteiger partial charge is 0.346 e. The van der Waals surface area contributed by atoms with Gasteiger partial charge in [-0.2, -0.15) is 0 Å². The van der Waals surface area contributed by atoms with Crippen LogP contribution in [-0.2, 0) is 11.3 Å². The molecular weight excluding hydrogens is 304 g/mol. The molecule has 1 aliphatic heterocycles. The summed E-state index contributed by atoms with van der Waals surface area (Å²) in [5, 5.41) is 3.53. The van der Waals surface area contributed by atoms with Gasteiger partial charge >= 0.3 is 0 Å². The van der Waals surface area contributed by atoms with E-state index in [1.165, 1.54) is 0 Å². The van der Waals surface area contributed by atoms with Gasteiger partial charge in [0.2, 0.25) is 0 Å². The maximum Gasteiger partial charge on any atom is 0.256 e. The number of carbonyl (C=O) groups is 1. The molecule has 1 heterocycles. The van der Waals surface area contributed by atoms with E-state index in [1.807, 2.05) is 30.3 Å². The number of fused-ring (bicyclic) bond motifs is 3. The summed E-state index contributed by atoms with van der Waals surface area (Å²) in [6, 6.07) is 9.89. The van der Waals surface area contributed by atoms with Gasteiger partial charge in [0.25, 0.3) is 5.91 Å². The number of thiocarbonyl (C=S) groups is 1. The van der Waals surface area contributed by atoms with Crippen LogP contribution >= 0.6 is 23.8 Å². The average molecular weight is 319 g/mol. The second-order valence-electron chi connectivity index (χ2n) is 5.97. The number of allylic oxidation sites excluding steroid dienone is 1. The standard InChI is InChI=1S/C16H15ClN2OS/c17-13-11-6-7-12(8-11)16(13)14(20)19(15(21)18-16)9-10-4-2-1-3-5-10/h1-7,11-13H,8-9H2,(H,18,21)/t11-,12+,13-,16+/m0/s1. The van der Waals surface area contributed by atoms with Crippen LogP contribution in [0.25, 0.3) is 0 Å². The molecule has 1 saturated carbocycles. The van der Waals surface area contributed by atoms with Crippen LogP contribution in [-0.4, -0.2) is 26.8 Å². The van der Waals surface area contributed by atoms with E-state index in [9.17, 15) is 4.79 Å². The highest BCUT2D eigenvalue weighted by atomic mass is 35.5. The third kappa shape index (κ3) is 1.72. The fourth-order valence-electron chi connectivity index (χ4n) is 3.79. The summed E-state index contributed by atoms with van der Waals surface area (Å²) >= 11 is 12.0. The lowest BCUT2D eigenvalue weighted by Gasteiger charge is -2.32. The molecule has 3 aliphatic rings. The molecule has 1 aromatic rings. The highest BCUT2D eigenvalue weighted by Crippen LogP contribution is 2.51. The minimum absolute atomic E-state index is 0.0215. The van der Waals surface area contributed by atoms with Gasteiger partial charge in [-0.25, -0.2) is 0 Å². The quantitative estimate of drug-likeness (QED) is 0.516. The highest BCUT2D eigenvalue weighted by molar-refractivity contribution is 7.80. The molecule has 2 fully saturated rings. The van der Waals surface area contributed by atoms with Crippen molar-refractivity contribution in [2.24, 2.45) is 11.8 Å². The maximum absolute atomic E-state index is 13.0. The molecule has 0 radical (unpaired) electrons. The molecule has 0 aromatic heterocycles. The number of halogens is 1. The van der Waals surface area contributed by atoms with Crippen LogP contribution in [0, 0.1) is 11.8 Å². The first kappa shape index (κ1) is 13.3. The number of carbonyl (C=O) groups excluding carboxylic acids is 1. The van der Waals surface area contributed by atoms with Crippen LogP contribution < -0.4 is 5.32 Å². The number of nitrogens with one attached hydrogen (secondary N) is 1. The summed E-state index contributed by atoms with van der Waals surface area (Å²) in [7, 11) is 0.